The highest BCUT2D eigenvalue weighted by Gasteiger charge is 2.18. The van der Waals surface area contributed by atoms with E-state index in [1.54, 1.807) is 42.5 Å². The minimum absolute atomic E-state index is 0.134. The van der Waals surface area contributed by atoms with Gasteiger partial charge in [0, 0.05) is 17.5 Å². The minimum Gasteiger partial charge on any atom is -0.455 e. The number of carbonyl (C=O) groups excluding carboxylic acids is 1. The fourth-order valence-electron chi connectivity index (χ4n) is 3.14. The number of nitrogens with zero attached hydrogens (tertiary/aromatic N) is 2. The molecule has 0 saturated heterocycles. The molecular formula is C23H18ClN3O3. The van der Waals surface area contributed by atoms with Crippen molar-refractivity contribution in [2.24, 2.45) is 7.05 Å². The standard InChI is InChI=1S/C23H18ClN3O3/c1-14-6-5-7-16(12-14)30-20-11-10-15(24)13-19(20)25-22(28)21-17-8-3-4-9-18(17)23(29)27(2)26-21/h3-13H,1-2H3,(H,25,28). The number of amides is 1. The molecule has 6 nitrogen and oxygen atoms in total. The molecule has 1 aromatic heterocycles. The molecule has 0 radical (unpaired) electrons. The molecule has 0 aliphatic heterocycles. The SMILES string of the molecule is Cc1cccc(Oc2ccc(Cl)cc2NC(=O)c2nn(C)c(=O)c3ccccc23)c1. The topological polar surface area (TPSA) is 73.2 Å². The molecular weight excluding hydrogens is 402 g/mol. The van der Waals surface area contributed by atoms with Crippen LogP contribution in [0.4, 0.5) is 5.69 Å². The Hall–Kier alpha value is -3.64. The maximum atomic E-state index is 13.1. The zero-order chi connectivity index (χ0) is 21.3. The van der Waals surface area contributed by atoms with Gasteiger partial charge in [0.15, 0.2) is 11.4 Å². The van der Waals surface area contributed by atoms with E-state index >= 15 is 0 Å². The molecule has 1 N–H and O–H groups in total. The normalized spacial score (nSPS) is 10.8. The van der Waals surface area contributed by atoms with Crippen molar-refractivity contribution < 1.29 is 9.53 Å². The van der Waals surface area contributed by atoms with Crippen molar-refractivity contribution in [2.45, 2.75) is 6.92 Å². The van der Waals surface area contributed by atoms with Crippen LogP contribution < -0.4 is 15.6 Å². The van der Waals surface area contributed by atoms with Gasteiger partial charge in [0.25, 0.3) is 11.5 Å². The van der Waals surface area contributed by atoms with Crippen molar-refractivity contribution in [1.29, 1.82) is 0 Å². The van der Waals surface area contributed by atoms with Gasteiger partial charge in [-0.2, -0.15) is 5.10 Å². The second kappa shape index (κ2) is 8.00. The summed E-state index contributed by atoms with van der Waals surface area (Å²) in [6, 6.07) is 19.4. The third kappa shape index (κ3) is 3.90. The van der Waals surface area contributed by atoms with Crippen LogP contribution in [-0.2, 0) is 7.05 Å². The van der Waals surface area contributed by atoms with Crippen molar-refractivity contribution in [3.05, 3.63) is 93.4 Å². The predicted octanol–water partition coefficient (Wildman–Crippen LogP) is 4.94. The molecule has 4 rings (SSSR count). The summed E-state index contributed by atoms with van der Waals surface area (Å²) in [4.78, 5) is 25.4. The number of carbonyl (C=O) groups is 1. The molecule has 0 fully saturated rings. The van der Waals surface area contributed by atoms with E-state index in [4.69, 9.17) is 16.3 Å². The maximum absolute atomic E-state index is 13.1. The number of fused-ring (bicyclic) bond motifs is 1. The Balaban J connectivity index is 1.72. The average molecular weight is 420 g/mol. The highest BCUT2D eigenvalue weighted by Crippen LogP contribution is 2.33. The van der Waals surface area contributed by atoms with Gasteiger partial charge in [0.1, 0.15) is 5.75 Å². The number of halogens is 1. The molecule has 0 saturated carbocycles. The van der Waals surface area contributed by atoms with Gasteiger partial charge in [-0.25, -0.2) is 4.68 Å². The first-order chi connectivity index (χ1) is 14.4. The Morgan fingerprint density at radius 2 is 1.80 bits per heavy atom. The number of aryl methyl sites for hydroxylation is 2. The lowest BCUT2D eigenvalue weighted by Gasteiger charge is -2.14. The van der Waals surface area contributed by atoms with E-state index in [0.29, 0.717) is 33.0 Å². The maximum Gasteiger partial charge on any atom is 0.276 e. The average Bonchev–Trinajstić information content (AvgIpc) is 2.72. The molecule has 4 aromatic rings. The van der Waals surface area contributed by atoms with E-state index in [-0.39, 0.29) is 11.3 Å². The van der Waals surface area contributed by atoms with Crippen molar-refractivity contribution in [1.82, 2.24) is 9.78 Å². The van der Waals surface area contributed by atoms with E-state index in [0.717, 1.165) is 10.2 Å². The van der Waals surface area contributed by atoms with Gasteiger partial charge < -0.3 is 10.1 Å². The molecule has 0 aliphatic rings. The van der Waals surface area contributed by atoms with Gasteiger partial charge in [0.2, 0.25) is 0 Å². The zero-order valence-corrected chi connectivity index (χ0v) is 17.1. The number of benzene rings is 3. The van der Waals surface area contributed by atoms with Crippen LogP contribution in [-0.4, -0.2) is 15.7 Å². The molecule has 0 unspecified atom stereocenters. The number of hydrogen-bond acceptors (Lipinski definition) is 4. The number of nitrogens with one attached hydrogen (secondary N) is 1. The summed E-state index contributed by atoms with van der Waals surface area (Å²) in [6.45, 7) is 1.97. The number of rotatable bonds is 4. The van der Waals surface area contributed by atoms with Gasteiger partial charge in [-0.1, -0.05) is 41.9 Å². The van der Waals surface area contributed by atoms with Gasteiger partial charge in [-0.15, -0.1) is 0 Å². The lowest BCUT2D eigenvalue weighted by atomic mass is 10.1. The van der Waals surface area contributed by atoms with Gasteiger partial charge in [-0.05, 0) is 48.9 Å². The van der Waals surface area contributed by atoms with E-state index in [9.17, 15) is 9.59 Å². The van der Waals surface area contributed by atoms with Crippen LogP contribution in [0, 0.1) is 6.92 Å². The quantitative estimate of drug-likeness (QED) is 0.508. The molecule has 0 spiro atoms. The van der Waals surface area contributed by atoms with Crippen LogP contribution in [0.25, 0.3) is 10.8 Å². The first-order valence-electron chi connectivity index (χ1n) is 9.24. The monoisotopic (exact) mass is 419 g/mol. The summed E-state index contributed by atoms with van der Waals surface area (Å²) in [5.41, 5.74) is 1.31. The summed E-state index contributed by atoms with van der Waals surface area (Å²) >= 11 is 6.15. The van der Waals surface area contributed by atoms with Crippen LogP contribution in [0.3, 0.4) is 0 Å². The summed E-state index contributed by atoms with van der Waals surface area (Å²) in [6.07, 6.45) is 0. The van der Waals surface area contributed by atoms with Crippen LogP contribution in [0.5, 0.6) is 11.5 Å². The molecule has 30 heavy (non-hydrogen) atoms. The Morgan fingerprint density at radius 3 is 2.57 bits per heavy atom. The van der Waals surface area contributed by atoms with Crippen LogP contribution >= 0.6 is 11.6 Å². The molecule has 1 heterocycles. The molecule has 0 aliphatic carbocycles. The van der Waals surface area contributed by atoms with Gasteiger partial charge >= 0.3 is 0 Å². The number of ether oxygens (including phenoxy) is 1. The lowest BCUT2D eigenvalue weighted by molar-refractivity contribution is 0.102. The highest BCUT2D eigenvalue weighted by atomic mass is 35.5. The van der Waals surface area contributed by atoms with Crippen molar-refractivity contribution in [2.75, 3.05) is 5.32 Å². The summed E-state index contributed by atoms with van der Waals surface area (Å²) < 4.78 is 7.12. The third-order valence-electron chi connectivity index (χ3n) is 4.58. The fraction of sp³-hybridized carbons (Fsp3) is 0.0870. The van der Waals surface area contributed by atoms with Crippen LogP contribution in [0.15, 0.2) is 71.5 Å². The van der Waals surface area contributed by atoms with E-state index < -0.39 is 5.91 Å². The predicted molar refractivity (Wildman–Crippen MR) is 118 cm³/mol. The largest absolute Gasteiger partial charge is 0.455 e. The molecule has 3 aromatic carbocycles. The third-order valence-corrected chi connectivity index (χ3v) is 4.81. The fourth-order valence-corrected chi connectivity index (χ4v) is 3.32. The Morgan fingerprint density at radius 1 is 1.03 bits per heavy atom. The van der Waals surface area contributed by atoms with Gasteiger partial charge in [-0.3, -0.25) is 9.59 Å². The number of aromatic nitrogens is 2. The first-order valence-corrected chi connectivity index (χ1v) is 9.61. The first kappa shape index (κ1) is 19.7. The van der Waals surface area contributed by atoms with Crippen molar-refractivity contribution >= 4 is 34.0 Å². The van der Waals surface area contributed by atoms with Crippen molar-refractivity contribution in [3.63, 3.8) is 0 Å². The number of hydrogen-bond donors (Lipinski definition) is 1. The molecule has 150 valence electrons. The van der Waals surface area contributed by atoms with E-state index in [2.05, 4.69) is 10.4 Å². The Labute approximate surface area is 177 Å². The molecule has 0 atom stereocenters. The summed E-state index contributed by atoms with van der Waals surface area (Å²) in [5, 5.41) is 8.32. The molecule has 0 bridgehead atoms. The van der Waals surface area contributed by atoms with Crippen molar-refractivity contribution in [3.8, 4) is 11.5 Å². The Bertz CT molecular complexity index is 1330. The summed E-state index contributed by atoms with van der Waals surface area (Å²) in [7, 11) is 1.51. The van der Waals surface area contributed by atoms with E-state index in [1.165, 1.54) is 7.05 Å². The zero-order valence-electron chi connectivity index (χ0n) is 16.3. The van der Waals surface area contributed by atoms with Gasteiger partial charge in [0.05, 0.1) is 11.1 Å². The number of anilines is 1. The lowest BCUT2D eigenvalue weighted by Crippen LogP contribution is -2.25. The van der Waals surface area contributed by atoms with E-state index in [1.807, 2.05) is 31.2 Å². The Kier molecular flexibility index (Phi) is 5.25. The smallest absolute Gasteiger partial charge is 0.276 e. The molecule has 1 amide bonds. The second-order valence-corrected chi connectivity index (χ2v) is 7.27. The van der Waals surface area contributed by atoms with Crippen LogP contribution in [0.2, 0.25) is 5.02 Å². The summed E-state index contributed by atoms with van der Waals surface area (Å²) in [5.74, 6) is 0.601. The minimum atomic E-state index is -0.474. The van der Waals surface area contributed by atoms with Crippen LogP contribution in [0.1, 0.15) is 16.1 Å². The molecule has 7 heteroatoms. The second-order valence-electron chi connectivity index (χ2n) is 6.84. The highest BCUT2D eigenvalue weighted by molar-refractivity contribution is 6.31.